The number of pyridine rings is 1. The Morgan fingerprint density at radius 2 is 1.97 bits per heavy atom. The van der Waals surface area contributed by atoms with E-state index in [9.17, 15) is 14.4 Å². The normalized spacial score (nSPS) is 23.7. The molecule has 1 aliphatic carbocycles. The lowest BCUT2D eigenvalue weighted by Crippen LogP contribution is -2.57. The van der Waals surface area contributed by atoms with Crippen molar-refractivity contribution in [3.8, 4) is 0 Å². The van der Waals surface area contributed by atoms with Crippen molar-refractivity contribution in [1.29, 1.82) is 0 Å². The van der Waals surface area contributed by atoms with Gasteiger partial charge in [0.2, 0.25) is 5.91 Å². The minimum Gasteiger partial charge on any atom is -0.369 e. The van der Waals surface area contributed by atoms with E-state index in [1.165, 1.54) is 6.33 Å². The molecule has 10 nitrogen and oxygen atoms in total. The summed E-state index contributed by atoms with van der Waals surface area (Å²) in [5.41, 5.74) is 6.56. The Morgan fingerprint density at radius 1 is 1.22 bits per heavy atom. The van der Waals surface area contributed by atoms with Crippen LogP contribution in [0.25, 0.3) is 0 Å². The molecule has 0 aromatic carbocycles. The number of primary amides is 1. The van der Waals surface area contributed by atoms with E-state index < -0.39 is 17.0 Å². The number of amides is 2. The van der Waals surface area contributed by atoms with Gasteiger partial charge in [-0.1, -0.05) is 0 Å². The van der Waals surface area contributed by atoms with Crippen LogP contribution in [0.2, 0.25) is 0 Å². The summed E-state index contributed by atoms with van der Waals surface area (Å²) >= 11 is 0. The van der Waals surface area contributed by atoms with Crippen molar-refractivity contribution in [3.05, 3.63) is 45.3 Å². The molecule has 1 saturated heterocycles. The molecule has 3 aliphatic rings. The minimum atomic E-state index is -0.755. The Kier molecular flexibility index (Phi) is 4.42. The molecule has 2 aromatic rings. The maximum absolute atomic E-state index is 13.6. The molecule has 5 rings (SSSR count). The fourth-order valence-corrected chi connectivity index (χ4v) is 5.29. The minimum absolute atomic E-state index is 0.223. The maximum atomic E-state index is 13.6. The standard InChI is InChI=1S/C22H27N7O3/c1-12-9-14(26-17-13(2)16(24-11-25-17)21(6-7-21)20(23)32)19(31)29-15(12)18(30)27-22(29)5-4-8-28(3)10-22/h9,11H,4-8,10H2,1-3H3,(H2,23,32)(H,27,30)(H,24,25,26). The van der Waals surface area contributed by atoms with Crippen molar-refractivity contribution < 1.29 is 9.59 Å². The summed E-state index contributed by atoms with van der Waals surface area (Å²) in [7, 11) is 1.99. The summed E-state index contributed by atoms with van der Waals surface area (Å²) in [6, 6.07) is 1.68. The highest BCUT2D eigenvalue weighted by molar-refractivity contribution is 5.97. The number of nitrogens with one attached hydrogen (secondary N) is 2. The van der Waals surface area contributed by atoms with Gasteiger partial charge in [0, 0.05) is 12.1 Å². The molecule has 168 valence electrons. The van der Waals surface area contributed by atoms with Crippen molar-refractivity contribution in [2.24, 2.45) is 5.73 Å². The summed E-state index contributed by atoms with van der Waals surface area (Å²) in [5.74, 6) is -0.169. The van der Waals surface area contributed by atoms with Gasteiger partial charge in [0.1, 0.15) is 29.2 Å². The summed E-state index contributed by atoms with van der Waals surface area (Å²) in [6.45, 7) is 5.13. The maximum Gasteiger partial charge on any atom is 0.276 e. The molecule has 4 N–H and O–H groups in total. The molecule has 1 saturated carbocycles. The Bertz CT molecular complexity index is 1220. The van der Waals surface area contributed by atoms with E-state index in [0.717, 1.165) is 13.0 Å². The quantitative estimate of drug-likeness (QED) is 0.639. The third-order valence-corrected chi connectivity index (χ3v) is 7.05. The third-order valence-electron chi connectivity index (χ3n) is 7.05. The van der Waals surface area contributed by atoms with E-state index in [4.69, 9.17) is 5.73 Å². The fraction of sp³-hybridized carbons (Fsp3) is 0.500. The van der Waals surface area contributed by atoms with Gasteiger partial charge in [-0.05, 0) is 64.8 Å². The van der Waals surface area contributed by atoms with Crippen molar-refractivity contribution >= 4 is 23.3 Å². The monoisotopic (exact) mass is 437 g/mol. The van der Waals surface area contributed by atoms with Gasteiger partial charge < -0.3 is 21.3 Å². The summed E-state index contributed by atoms with van der Waals surface area (Å²) in [5, 5.41) is 6.23. The summed E-state index contributed by atoms with van der Waals surface area (Å²) < 4.78 is 1.62. The first-order chi connectivity index (χ1) is 15.2. The van der Waals surface area contributed by atoms with Gasteiger partial charge in [0.25, 0.3) is 11.5 Å². The number of rotatable bonds is 4. The van der Waals surface area contributed by atoms with Crippen LogP contribution < -0.4 is 21.9 Å². The number of hydrogen-bond acceptors (Lipinski definition) is 7. The highest BCUT2D eigenvalue weighted by atomic mass is 16.2. The second kappa shape index (κ2) is 6.86. The number of likely N-dealkylation sites (tertiary alicyclic amines) is 1. The molecule has 2 fully saturated rings. The van der Waals surface area contributed by atoms with E-state index in [0.29, 0.717) is 59.8 Å². The Morgan fingerprint density at radius 3 is 2.62 bits per heavy atom. The van der Waals surface area contributed by atoms with Gasteiger partial charge in [-0.2, -0.15) is 0 Å². The molecule has 1 atom stereocenters. The average molecular weight is 438 g/mol. The Balaban J connectivity index is 1.59. The van der Waals surface area contributed by atoms with E-state index in [2.05, 4.69) is 25.5 Å². The van der Waals surface area contributed by atoms with Crippen molar-refractivity contribution in [2.45, 2.75) is 50.6 Å². The van der Waals surface area contributed by atoms with Gasteiger partial charge in [0.05, 0.1) is 11.1 Å². The zero-order valence-electron chi connectivity index (χ0n) is 18.5. The van der Waals surface area contributed by atoms with E-state index >= 15 is 0 Å². The van der Waals surface area contributed by atoms with Crippen LogP contribution in [0.3, 0.4) is 0 Å². The molecule has 32 heavy (non-hydrogen) atoms. The third kappa shape index (κ3) is 2.85. The van der Waals surface area contributed by atoms with Crippen molar-refractivity contribution in [1.82, 2.24) is 24.8 Å². The first-order valence-corrected chi connectivity index (χ1v) is 10.9. The predicted octanol–water partition coefficient (Wildman–Crippen LogP) is 0.637. The van der Waals surface area contributed by atoms with Crippen LogP contribution in [0.4, 0.5) is 11.5 Å². The van der Waals surface area contributed by atoms with Gasteiger partial charge >= 0.3 is 0 Å². The zero-order chi connectivity index (χ0) is 22.8. The molecule has 0 bridgehead atoms. The van der Waals surface area contributed by atoms with E-state index in [1.54, 1.807) is 10.6 Å². The number of likely N-dealkylation sites (N-methyl/N-ethyl adjacent to an activating group) is 1. The van der Waals surface area contributed by atoms with Gasteiger partial charge in [-0.3, -0.25) is 19.0 Å². The Hall–Kier alpha value is -3.27. The smallest absolute Gasteiger partial charge is 0.276 e. The van der Waals surface area contributed by atoms with Crippen LogP contribution in [0.5, 0.6) is 0 Å². The molecular formula is C22H27N7O3. The molecule has 2 aliphatic heterocycles. The lowest BCUT2D eigenvalue weighted by molar-refractivity contribution is -0.120. The molecule has 1 spiro atoms. The first kappa shape index (κ1) is 20.6. The Labute approximate surface area is 185 Å². The summed E-state index contributed by atoms with van der Waals surface area (Å²) in [6.07, 6.45) is 4.27. The molecule has 1 unspecified atom stereocenters. The highest BCUT2D eigenvalue weighted by Gasteiger charge is 2.52. The van der Waals surface area contributed by atoms with Crippen molar-refractivity contribution in [2.75, 3.05) is 25.5 Å². The van der Waals surface area contributed by atoms with Crippen LogP contribution in [-0.2, 0) is 15.9 Å². The number of anilines is 2. The van der Waals surface area contributed by atoms with Gasteiger partial charge in [-0.15, -0.1) is 0 Å². The van der Waals surface area contributed by atoms with Crippen LogP contribution in [0, 0.1) is 13.8 Å². The fourth-order valence-electron chi connectivity index (χ4n) is 5.29. The van der Waals surface area contributed by atoms with Crippen LogP contribution in [0.1, 0.15) is 53.0 Å². The molecule has 4 heterocycles. The molecule has 2 aromatic heterocycles. The van der Waals surface area contributed by atoms with Crippen LogP contribution in [-0.4, -0.2) is 51.4 Å². The van der Waals surface area contributed by atoms with E-state index in [1.807, 2.05) is 20.9 Å². The second-order valence-electron chi connectivity index (χ2n) is 9.32. The number of piperidine rings is 1. The van der Waals surface area contributed by atoms with Gasteiger partial charge in [-0.25, -0.2) is 9.97 Å². The number of fused-ring (bicyclic) bond motifs is 2. The lowest BCUT2D eigenvalue weighted by atomic mass is 9.97. The largest absolute Gasteiger partial charge is 0.369 e. The number of nitrogens with zero attached hydrogens (tertiary/aromatic N) is 4. The van der Waals surface area contributed by atoms with Crippen molar-refractivity contribution in [3.63, 3.8) is 0 Å². The SMILES string of the molecule is Cc1cc(Nc2ncnc(C3(C(N)=O)CC3)c2C)c(=O)n2c1C(=O)NC21CCCN(C)C1. The lowest BCUT2D eigenvalue weighted by Gasteiger charge is -2.39. The number of hydrogen-bond donors (Lipinski definition) is 3. The van der Waals surface area contributed by atoms with Gasteiger partial charge in [0.15, 0.2) is 0 Å². The number of carbonyl (C=O) groups is 2. The molecule has 2 amide bonds. The molecular weight excluding hydrogens is 410 g/mol. The zero-order valence-corrected chi connectivity index (χ0v) is 18.5. The number of nitrogens with two attached hydrogens (primary N) is 1. The highest BCUT2D eigenvalue weighted by Crippen LogP contribution is 2.48. The topological polar surface area (TPSA) is 135 Å². The van der Waals surface area contributed by atoms with Crippen LogP contribution >= 0.6 is 0 Å². The summed E-state index contributed by atoms with van der Waals surface area (Å²) in [4.78, 5) is 49.2. The molecule has 10 heteroatoms. The average Bonchev–Trinajstić information content (AvgIpc) is 3.48. The first-order valence-electron chi connectivity index (χ1n) is 10.9. The molecule has 0 radical (unpaired) electrons. The number of aryl methyl sites for hydroxylation is 1. The number of carbonyl (C=O) groups excluding carboxylic acids is 2. The number of aromatic nitrogens is 3. The predicted molar refractivity (Wildman–Crippen MR) is 118 cm³/mol. The van der Waals surface area contributed by atoms with E-state index in [-0.39, 0.29) is 11.5 Å². The second-order valence-corrected chi connectivity index (χ2v) is 9.32. The van der Waals surface area contributed by atoms with Crippen LogP contribution in [0.15, 0.2) is 17.2 Å².